The highest BCUT2D eigenvalue weighted by atomic mass is 32.1. The quantitative estimate of drug-likeness (QED) is 0.396. The zero-order valence-corrected chi connectivity index (χ0v) is 22.0. The summed E-state index contributed by atoms with van der Waals surface area (Å²) in [6.45, 7) is 11.7. The lowest BCUT2D eigenvalue weighted by Crippen LogP contribution is -2.30. The number of rotatable bonds is 6. The van der Waals surface area contributed by atoms with Crippen LogP contribution in [0.4, 0.5) is 9.80 Å². The number of thiophene rings is 2. The van der Waals surface area contributed by atoms with E-state index in [9.17, 15) is 9.59 Å². The maximum absolute atomic E-state index is 13.0. The highest BCUT2D eigenvalue weighted by Gasteiger charge is 2.27. The highest BCUT2D eigenvalue weighted by molar-refractivity contribution is 7.17. The number of aryl methyl sites for hydroxylation is 1. The number of carbonyl (C=O) groups excluding carboxylic acids is 2. The van der Waals surface area contributed by atoms with Crippen molar-refractivity contribution in [1.82, 2.24) is 15.2 Å². The van der Waals surface area contributed by atoms with Crippen LogP contribution >= 0.6 is 22.7 Å². The van der Waals surface area contributed by atoms with Crippen LogP contribution in [0.25, 0.3) is 5.00 Å². The second-order valence-corrected chi connectivity index (χ2v) is 11.5. The Morgan fingerprint density at radius 3 is 2.62 bits per heavy atom. The predicted octanol–water partition coefficient (Wildman–Crippen LogP) is 5.39. The minimum absolute atomic E-state index is 0.332. The van der Waals surface area contributed by atoms with Gasteiger partial charge in [0, 0.05) is 40.8 Å². The van der Waals surface area contributed by atoms with Gasteiger partial charge in [-0.05, 0) is 70.3 Å². The second kappa shape index (κ2) is 9.93. The minimum atomic E-state index is -0.612. The summed E-state index contributed by atoms with van der Waals surface area (Å²) in [7, 11) is 0. The Hall–Kier alpha value is -2.62. The molecule has 0 unspecified atom stereocenters. The fourth-order valence-corrected chi connectivity index (χ4v) is 6.55. The topological polar surface area (TPSA) is 84.4 Å². The Bertz CT molecular complexity index is 1190. The lowest BCUT2D eigenvalue weighted by molar-refractivity contribution is 0.00704. The van der Waals surface area contributed by atoms with E-state index in [2.05, 4.69) is 20.5 Å². The Morgan fingerprint density at radius 2 is 1.94 bits per heavy atom. The average molecular weight is 501 g/mol. The molecule has 3 aromatic heterocycles. The van der Waals surface area contributed by atoms with Crippen LogP contribution in [0.2, 0.25) is 0 Å². The number of aromatic nitrogens is 1. The molecule has 4 rings (SSSR count). The van der Waals surface area contributed by atoms with E-state index in [0.717, 1.165) is 46.9 Å². The van der Waals surface area contributed by atoms with E-state index >= 15 is 0 Å². The van der Waals surface area contributed by atoms with E-state index in [-0.39, 0.29) is 6.03 Å². The normalized spacial score (nSPS) is 13.4. The Kier molecular flexibility index (Phi) is 7.16. The van der Waals surface area contributed by atoms with Gasteiger partial charge in [-0.25, -0.2) is 9.59 Å². The first-order chi connectivity index (χ1) is 16.2. The lowest BCUT2D eigenvalue weighted by atomic mass is 10.0. The van der Waals surface area contributed by atoms with Crippen molar-refractivity contribution in [3.05, 3.63) is 56.5 Å². The number of fused-ring (bicyclic) bond motifs is 1. The molecule has 4 heterocycles. The molecule has 0 saturated carbocycles. The number of urea groups is 1. The van der Waals surface area contributed by atoms with Crippen LogP contribution < -0.4 is 16.0 Å². The van der Waals surface area contributed by atoms with E-state index in [1.54, 1.807) is 11.3 Å². The molecule has 182 valence electrons. The van der Waals surface area contributed by atoms with Gasteiger partial charge in [0.1, 0.15) is 15.6 Å². The summed E-state index contributed by atoms with van der Waals surface area (Å²) in [4.78, 5) is 28.2. The van der Waals surface area contributed by atoms with Crippen LogP contribution in [0.3, 0.4) is 0 Å². The summed E-state index contributed by atoms with van der Waals surface area (Å²) in [6, 6.07) is 3.67. The van der Waals surface area contributed by atoms with E-state index in [4.69, 9.17) is 4.74 Å². The molecule has 0 spiro atoms. The van der Waals surface area contributed by atoms with E-state index in [1.165, 1.54) is 21.8 Å². The summed E-state index contributed by atoms with van der Waals surface area (Å²) in [6.07, 6.45) is 5.79. The van der Waals surface area contributed by atoms with E-state index < -0.39 is 11.6 Å². The average Bonchev–Trinajstić information content (AvgIpc) is 3.48. The molecular weight excluding hydrogens is 468 g/mol. The summed E-state index contributed by atoms with van der Waals surface area (Å²) >= 11 is 3.20. The molecule has 0 radical (unpaired) electrons. The maximum Gasteiger partial charge on any atom is 0.341 e. The van der Waals surface area contributed by atoms with Crippen molar-refractivity contribution >= 4 is 39.7 Å². The van der Waals surface area contributed by atoms with Gasteiger partial charge in [-0.15, -0.1) is 22.7 Å². The smallest absolute Gasteiger partial charge is 0.341 e. The van der Waals surface area contributed by atoms with Crippen LogP contribution in [0, 0.1) is 6.92 Å². The molecule has 0 fully saturated rings. The van der Waals surface area contributed by atoms with Gasteiger partial charge in [-0.2, -0.15) is 0 Å². The zero-order valence-electron chi connectivity index (χ0n) is 20.3. The van der Waals surface area contributed by atoms with Crippen molar-refractivity contribution < 1.29 is 14.3 Å². The van der Waals surface area contributed by atoms with Gasteiger partial charge in [0.2, 0.25) is 0 Å². The highest BCUT2D eigenvalue weighted by Crippen LogP contribution is 2.36. The van der Waals surface area contributed by atoms with Crippen molar-refractivity contribution in [3.8, 4) is 5.00 Å². The molecule has 3 aromatic rings. The van der Waals surface area contributed by atoms with Crippen LogP contribution in [-0.2, 0) is 30.7 Å². The summed E-state index contributed by atoms with van der Waals surface area (Å²) in [5.74, 6) is -0.412. The van der Waals surface area contributed by atoms with Gasteiger partial charge in [0.25, 0.3) is 0 Å². The number of hydrogen-bond acceptors (Lipinski definition) is 6. The van der Waals surface area contributed by atoms with Crippen molar-refractivity contribution in [2.45, 2.75) is 66.2 Å². The minimum Gasteiger partial charge on any atom is -0.456 e. The summed E-state index contributed by atoms with van der Waals surface area (Å²) in [5, 5.41) is 11.0. The monoisotopic (exact) mass is 500 g/mol. The third kappa shape index (κ3) is 5.21. The Balaban J connectivity index is 1.54. The van der Waals surface area contributed by atoms with Gasteiger partial charge in [0.15, 0.2) is 0 Å². The zero-order chi connectivity index (χ0) is 24.5. The first-order valence-electron chi connectivity index (χ1n) is 11.6. The van der Waals surface area contributed by atoms with Gasteiger partial charge in [-0.3, -0.25) is 5.32 Å². The van der Waals surface area contributed by atoms with Crippen LogP contribution in [-0.4, -0.2) is 28.7 Å². The lowest BCUT2D eigenvalue weighted by Gasteiger charge is -2.20. The van der Waals surface area contributed by atoms with Crippen LogP contribution in [0.1, 0.15) is 64.5 Å². The van der Waals surface area contributed by atoms with Gasteiger partial charge in [0.05, 0.1) is 5.56 Å². The molecule has 34 heavy (non-hydrogen) atoms. The number of amides is 2. The standard InChI is InChI=1S/C25H32N4O3S2/c1-6-18-15(2)20(23(30)32-25(3,4)5)21(33-18)28-24(31)27-13-17-16-9-10-26-14-19(16)34-22(17)29-11-7-8-12-29/h7-8,11-12,26H,6,9-10,13-14H2,1-5H3,(H2,27,28,31). The Morgan fingerprint density at radius 1 is 1.21 bits per heavy atom. The molecule has 3 N–H and O–H groups in total. The van der Waals surface area contributed by atoms with Gasteiger partial charge < -0.3 is 19.9 Å². The van der Waals surface area contributed by atoms with Crippen molar-refractivity contribution in [2.75, 3.05) is 11.9 Å². The third-order valence-electron chi connectivity index (χ3n) is 5.68. The number of ether oxygens (including phenoxy) is 1. The molecule has 2 amide bonds. The molecule has 0 atom stereocenters. The number of carbonyl (C=O) groups is 2. The molecule has 0 bridgehead atoms. The molecule has 1 aliphatic rings. The third-order valence-corrected chi connectivity index (χ3v) is 8.32. The maximum atomic E-state index is 13.0. The van der Waals surface area contributed by atoms with Crippen molar-refractivity contribution in [1.29, 1.82) is 0 Å². The fourth-order valence-electron chi connectivity index (χ4n) is 4.12. The second-order valence-electron chi connectivity index (χ2n) is 9.32. The molecular formula is C25H32N4O3S2. The largest absolute Gasteiger partial charge is 0.456 e. The van der Waals surface area contributed by atoms with Crippen LogP contribution in [0.15, 0.2) is 24.5 Å². The van der Waals surface area contributed by atoms with Gasteiger partial charge >= 0.3 is 12.0 Å². The molecule has 0 aliphatic carbocycles. The Labute approximate surface area is 208 Å². The van der Waals surface area contributed by atoms with E-state index in [0.29, 0.717) is 17.1 Å². The molecule has 7 nitrogen and oxygen atoms in total. The molecule has 0 saturated heterocycles. The number of nitrogens with zero attached hydrogens (tertiary/aromatic N) is 1. The van der Waals surface area contributed by atoms with Crippen LogP contribution in [0.5, 0.6) is 0 Å². The fraction of sp³-hybridized carbons (Fsp3) is 0.440. The first kappa shape index (κ1) is 24.5. The van der Waals surface area contributed by atoms with Crippen molar-refractivity contribution in [2.24, 2.45) is 0 Å². The number of nitrogens with one attached hydrogen (secondary N) is 3. The number of anilines is 1. The van der Waals surface area contributed by atoms with Gasteiger partial charge in [-0.1, -0.05) is 6.92 Å². The van der Waals surface area contributed by atoms with E-state index in [1.807, 2.05) is 59.1 Å². The summed E-state index contributed by atoms with van der Waals surface area (Å²) in [5.41, 5.74) is 3.17. The molecule has 1 aliphatic heterocycles. The predicted molar refractivity (Wildman–Crippen MR) is 139 cm³/mol. The number of hydrogen-bond donors (Lipinski definition) is 3. The van der Waals surface area contributed by atoms with Crippen molar-refractivity contribution in [3.63, 3.8) is 0 Å². The molecule has 0 aromatic carbocycles. The summed E-state index contributed by atoms with van der Waals surface area (Å²) < 4.78 is 7.72. The SMILES string of the molecule is CCc1sc(NC(=O)NCc2c(-n3cccc3)sc3c2CCNC3)c(C(=O)OC(C)(C)C)c1C. The first-order valence-corrected chi connectivity index (χ1v) is 13.2. The molecule has 9 heteroatoms. The number of esters is 1.